The Kier molecular flexibility index (Phi) is 4.26. The van der Waals surface area contributed by atoms with Crippen molar-refractivity contribution in [2.24, 2.45) is 5.92 Å². The molecule has 4 atom stereocenters. The summed E-state index contributed by atoms with van der Waals surface area (Å²) < 4.78 is 0. The average molecular weight is 320 g/mol. The maximum atomic E-state index is 6.45. The number of allylic oxidation sites excluding steroid dienone is 1. The highest BCUT2D eigenvalue weighted by Crippen LogP contribution is 2.49. The Morgan fingerprint density at radius 1 is 1.29 bits per heavy atom. The third kappa shape index (κ3) is 2.81. The molecule has 0 N–H and O–H groups in total. The SMILES string of the molecule is C[C@]1(Cl)C[C@@](C)(Cl)[C@@H](Br)C[C@H]1/C=C/Cl. The fourth-order valence-electron chi connectivity index (χ4n) is 2.00. The lowest BCUT2D eigenvalue weighted by molar-refractivity contribution is 0.297. The highest BCUT2D eigenvalue weighted by atomic mass is 79.9. The Bertz CT molecular complexity index is 236. The molecular formula is C10H14BrCl3. The smallest absolute Gasteiger partial charge is 0.0560 e. The lowest BCUT2D eigenvalue weighted by Crippen LogP contribution is -2.47. The first-order valence-electron chi connectivity index (χ1n) is 4.58. The van der Waals surface area contributed by atoms with Crippen LogP contribution in [0.3, 0.4) is 0 Å². The monoisotopic (exact) mass is 318 g/mol. The van der Waals surface area contributed by atoms with Crippen molar-refractivity contribution in [1.82, 2.24) is 0 Å². The van der Waals surface area contributed by atoms with Gasteiger partial charge in [-0.15, -0.1) is 23.2 Å². The minimum atomic E-state index is -0.299. The Balaban J connectivity index is 2.85. The summed E-state index contributed by atoms with van der Waals surface area (Å²) in [6, 6.07) is 0. The van der Waals surface area contributed by atoms with Gasteiger partial charge in [0, 0.05) is 15.2 Å². The van der Waals surface area contributed by atoms with E-state index in [2.05, 4.69) is 15.9 Å². The maximum Gasteiger partial charge on any atom is 0.0560 e. The minimum absolute atomic E-state index is 0.271. The van der Waals surface area contributed by atoms with Crippen molar-refractivity contribution in [3.63, 3.8) is 0 Å². The molecule has 0 aromatic rings. The van der Waals surface area contributed by atoms with Gasteiger partial charge in [0.1, 0.15) is 0 Å². The average Bonchev–Trinajstić information content (AvgIpc) is 1.99. The molecule has 0 amide bonds. The van der Waals surface area contributed by atoms with E-state index < -0.39 is 0 Å². The molecule has 1 rings (SSSR count). The third-order valence-electron chi connectivity index (χ3n) is 2.88. The van der Waals surface area contributed by atoms with E-state index in [4.69, 9.17) is 34.8 Å². The van der Waals surface area contributed by atoms with Gasteiger partial charge in [-0.1, -0.05) is 33.6 Å². The van der Waals surface area contributed by atoms with Crippen LogP contribution in [-0.4, -0.2) is 14.6 Å². The zero-order chi connectivity index (χ0) is 11.0. The van der Waals surface area contributed by atoms with E-state index in [-0.39, 0.29) is 20.5 Å². The predicted octanol–water partition coefficient (Wildman–Crippen LogP) is 4.91. The molecule has 1 saturated carbocycles. The van der Waals surface area contributed by atoms with Gasteiger partial charge in [0.25, 0.3) is 0 Å². The van der Waals surface area contributed by atoms with Gasteiger partial charge in [-0.3, -0.25) is 0 Å². The van der Waals surface area contributed by atoms with Crippen LogP contribution >= 0.6 is 50.7 Å². The van der Waals surface area contributed by atoms with Crippen LogP contribution in [0.5, 0.6) is 0 Å². The molecule has 0 nitrogen and oxygen atoms in total. The molecule has 1 aliphatic rings. The number of rotatable bonds is 1. The molecule has 0 bridgehead atoms. The van der Waals surface area contributed by atoms with Crippen LogP contribution in [0.1, 0.15) is 26.7 Å². The second-order valence-electron chi connectivity index (χ2n) is 4.36. The predicted molar refractivity (Wildman–Crippen MR) is 68.9 cm³/mol. The van der Waals surface area contributed by atoms with Gasteiger partial charge >= 0.3 is 0 Å². The molecule has 0 saturated heterocycles. The second kappa shape index (κ2) is 4.53. The normalized spacial score (nSPS) is 49.9. The maximum absolute atomic E-state index is 6.45. The van der Waals surface area contributed by atoms with Crippen LogP contribution in [0.25, 0.3) is 0 Å². The molecule has 0 heterocycles. The van der Waals surface area contributed by atoms with Crippen LogP contribution in [0.15, 0.2) is 11.6 Å². The topological polar surface area (TPSA) is 0 Å². The molecule has 82 valence electrons. The third-order valence-corrected chi connectivity index (χ3v) is 5.49. The lowest BCUT2D eigenvalue weighted by atomic mass is 9.74. The summed E-state index contributed by atoms with van der Waals surface area (Å²) in [5.74, 6) is 0.276. The molecule has 0 radical (unpaired) electrons. The van der Waals surface area contributed by atoms with Gasteiger partial charge in [0.15, 0.2) is 0 Å². The fourth-order valence-corrected chi connectivity index (χ4v) is 3.61. The molecular weight excluding hydrogens is 306 g/mol. The van der Waals surface area contributed by atoms with E-state index in [0.717, 1.165) is 12.8 Å². The standard InChI is InChI=1S/C10H14BrCl3/c1-9(13)6-10(2,14)8(11)5-7(9)3-4-12/h3-4,7-8H,5-6H2,1-2H3/b4-3+/t7-,8+,9+,10-/m1/s1. The van der Waals surface area contributed by atoms with Gasteiger partial charge in [0.05, 0.1) is 4.87 Å². The van der Waals surface area contributed by atoms with Crippen molar-refractivity contribution in [2.75, 3.05) is 0 Å². The number of hydrogen-bond acceptors (Lipinski definition) is 0. The Labute approximate surface area is 109 Å². The van der Waals surface area contributed by atoms with Crippen LogP contribution < -0.4 is 0 Å². The summed E-state index contributed by atoms with van der Waals surface area (Å²) in [5, 5.41) is 0. The second-order valence-corrected chi connectivity index (χ2v) is 7.45. The van der Waals surface area contributed by atoms with Crippen LogP contribution in [-0.2, 0) is 0 Å². The first kappa shape index (κ1) is 13.2. The van der Waals surface area contributed by atoms with Crippen molar-refractivity contribution < 1.29 is 0 Å². The zero-order valence-electron chi connectivity index (χ0n) is 8.24. The largest absolute Gasteiger partial charge is 0.119 e. The van der Waals surface area contributed by atoms with Crippen LogP contribution in [0, 0.1) is 5.92 Å². The molecule has 0 aromatic carbocycles. The summed E-state index contributed by atoms with van der Waals surface area (Å²) in [4.78, 5) is -0.291. The van der Waals surface area contributed by atoms with E-state index >= 15 is 0 Å². The molecule has 1 fully saturated rings. The van der Waals surface area contributed by atoms with Gasteiger partial charge in [0.2, 0.25) is 0 Å². The highest BCUT2D eigenvalue weighted by Gasteiger charge is 2.47. The van der Waals surface area contributed by atoms with Crippen LogP contribution in [0.2, 0.25) is 0 Å². The first-order valence-corrected chi connectivity index (χ1v) is 6.69. The van der Waals surface area contributed by atoms with Crippen molar-refractivity contribution in [2.45, 2.75) is 41.3 Å². The zero-order valence-corrected chi connectivity index (χ0v) is 12.1. The molecule has 14 heavy (non-hydrogen) atoms. The van der Waals surface area contributed by atoms with Crippen molar-refractivity contribution in [3.8, 4) is 0 Å². The van der Waals surface area contributed by atoms with Gasteiger partial charge in [-0.25, -0.2) is 0 Å². The van der Waals surface area contributed by atoms with Gasteiger partial charge in [-0.2, -0.15) is 0 Å². The van der Waals surface area contributed by atoms with E-state index in [9.17, 15) is 0 Å². The van der Waals surface area contributed by atoms with Crippen molar-refractivity contribution in [3.05, 3.63) is 11.6 Å². The highest BCUT2D eigenvalue weighted by molar-refractivity contribution is 9.09. The number of halogens is 4. The Morgan fingerprint density at radius 3 is 2.36 bits per heavy atom. The number of hydrogen-bond donors (Lipinski definition) is 0. The molecule has 0 aromatic heterocycles. The molecule has 1 aliphatic carbocycles. The molecule has 0 aliphatic heterocycles. The molecule has 0 spiro atoms. The summed E-state index contributed by atoms with van der Waals surface area (Å²) in [6.07, 6.45) is 3.64. The summed E-state index contributed by atoms with van der Waals surface area (Å²) >= 11 is 22.0. The summed E-state index contributed by atoms with van der Waals surface area (Å²) in [7, 11) is 0. The van der Waals surface area contributed by atoms with Crippen LogP contribution in [0.4, 0.5) is 0 Å². The van der Waals surface area contributed by atoms with Gasteiger partial charge in [-0.05, 0) is 32.6 Å². The fraction of sp³-hybridized carbons (Fsp3) is 0.800. The Morgan fingerprint density at radius 2 is 1.86 bits per heavy atom. The number of alkyl halides is 3. The quantitative estimate of drug-likeness (QED) is 0.602. The van der Waals surface area contributed by atoms with Gasteiger partial charge < -0.3 is 0 Å². The van der Waals surface area contributed by atoms with E-state index in [1.165, 1.54) is 0 Å². The minimum Gasteiger partial charge on any atom is -0.119 e. The summed E-state index contributed by atoms with van der Waals surface area (Å²) in [6.45, 7) is 4.05. The lowest BCUT2D eigenvalue weighted by Gasteiger charge is -2.45. The van der Waals surface area contributed by atoms with E-state index in [0.29, 0.717) is 0 Å². The summed E-state index contributed by atoms with van der Waals surface area (Å²) in [5.41, 5.74) is 1.54. The molecule has 4 heteroatoms. The molecule has 0 unspecified atom stereocenters. The van der Waals surface area contributed by atoms with Crippen molar-refractivity contribution >= 4 is 50.7 Å². The van der Waals surface area contributed by atoms with Crippen molar-refractivity contribution in [1.29, 1.82) is 0 Å². The first-order chi connectivity index (χ1) is 6.29. The Hall–Kier alpha value is 1.09. The van der Waals surface area contributed by atoms with E-state index in [1.54, 1.807) is 5.54 Å². The van der Waals surface area contributed by atoms with E-state index in [1.807, 2.05) is 19.9 Å².